The van der Waals surface area contributed by atoms with Gasteiger partial charge in [0, 0.05) is 23.6 Å². The lowest BCUT2D eigenvalue weighted by Crippen LogP contribution is -2.22. The summed E-state index contributed by atoms with van der Waals surface area (Å²) in [5.41, 5.74) is 2.21. The highest BCUT2D eigenvalue weighted by molar-refractivity contribution is 6.14. The van der Waals surface area contributed by atoms with Crippen LogP contribution in [0.2, 0.25) is 0 Å². The van der Waals surface area contributed by atoms with E-state index < -0.39 is 11.9 Å². The third kappa shape index (κ3) is 1.57. The van der Waals surface area contributed by atoms with Crippen molar-refractivity contribution in [2.45, 2.75) is 0 Å². The van der Waals surface area contributed by atoms with Gasteiger partial charge in [0.25, 0.3) is 5.91 Å². The highest BCUT2D eigenvalue weighted by Gasteiger charge is 2.23. The average molecular weight is 241 g/mol. The van der Waals surface area contributed by atoms with Crippen LogP contribution in [0, 0.1) is 0 Å². The molecule has 1 fully saturated rings. The number of nitrogens with zero attached hydrogens (tertiary/aromatic N) is 1. The van der Waals surface area contributed by atoms with Gasteiger partial charge in [-0.25, -0.2) is 4.79 Å². The van der Waals surface area contributed by atoms with Gasteiger partial charge in [0.1, 0.15) is 5.70 Å². The molecule has 0 atom stereocenters. The van der Waals surface area contributed by atoms with Crippen LogP contribution in [0.4, 0.5) is 4.79 Å². The number of imide groups is 1. The smallest absolute Gasteiger partial charge is 0.326 e. The average Bonchev–Trinajstić information content (AvgIpc) is 2.82. The van der Waals surface area contributed by atoms with Crippen molar-refractivity contribution >= 4 is 28.9 Å². The number of carbonyl (C=O) groups excluding carboxylic acids is 2. The maximum absolute atomic E-state index is 11.4. The molecule has 5 nitrogen and oxygen atoms in total. The number of para-hydroxylation sites is 1. The highest BCUT2D eigenvalue weighted by atomic mass is 16.2. The molecule has 2 heterocycles. The topological polar surface area (TPSA) is 63.1 Å². The zero-order chi connectivity index (χ0) is 12.7. The van der Waals surface area contributed by atoms with Crippen LogP contribution in [0.25, 0.3) is 17.0 Å². The third-order valence-corrected chi connectivity index (χ3v) is 3.00. The Bertz CT molecular complexity index is 697. The van der Waals surface area contributed by atoms with Crippen LogP contribution in [0.3, 0.4) is 0 Å². The lowest BCUT2D eigenvalue weighted by molar-refractivity contribution is -0.115. The summed E-state index contributed by atoms with van der Waals surface area (Å²) < 4.78 is 1.97. The molecule has 0 unspecified atom stereocenters. The Labute approximate surface area is 103 Å². The van der Waals surface area contributed by atoms with Gasteiger partial charge in [-0.1, -0.05) is 18.2 Å². The zero-order valence-electron chi connectivity index (χ0n) is 9.73. The number of carbonyl (C=O) groups is 2. The maximum Gasteiger partial charge on any atom is 0.326 e. The molecule has 0 spiro atoms. The first-order valence-electron chi connectivity index (χ1n) is 5.53. The Morgan fingerprint density at radius 2 is 1.94 bits per heavy atom. The van der Waals surface area contributed by atoms with Crippen LogP contribution in [-0.4, -0.2) is 16.5 Å². The first-order valence-corrected chi connectivity index (χ1v) is 5.53. The second kappa shape index (κ2) is 3.73. The van der Waals surface area contributed by atoms with Crippen LogP contribution >= 0.6 is 0 Å². The normalized spacial score (nSPS) is 17.3. The summed E-state index contributed by atoms with van der Waals surface area (Å²) >= 11 is 0. The molecule has 1 aliphatic heterocycles. The van der Waals surface area contributed by atoms with E-state index in [1.54, 1.807) is 6.08 Å². The van der Waals surface area contributed by atoms with E-state index >= 15 is 0 Å². The molecule has 1 saturated heterocycles. The molecule has 18 heavy (non-hydrogen) atoms. The fourth-order valence-corrected chi connectivity index (χ4v) is 2.08. The molecule has 0 bridgehead atoms. The number of nitrogens with one attached hydrogen (secondary N) is 2. The number of fused-ring (bicyclic) bond motifs is 1. The summed E-state index contributed by atoms with van der Waals surface area (Å²) in [4.78, 5) is 22.5. The Balaban J connectivity index is 2.10. The lowest BCUT2D eigenvalue weighted by atomic mass is 10.2. The monoisotopic (exact) mass is 241 g/mol. The van der Waals surface area contributed by atoms with Gasteiger partial charge in [-0.15, -0.1) is 0 Å². The molecule has 1 aromatic heterocycles. The van der Waals surface area contributed by atoms with Crippen molar-refractivity contribution in [1.82, 2.24) is 15.2 Å². The van der Waals surface area contributed by atoms with E-state index in [-0.39, 0.29) is 5.70 Å². The van der Waals surface area contributed by atoms with Crippen LogP contribution in [0.5, 0.6) is 0 Å². The summed E-state index contributed by atoms with van der Waals surface area (Å²) in [6.07, 6.45) is 1.67. The molecule has 5 heteroatoms. The van der Waals surface area contributed by atoms with E-state index in [0.717, 1.165) is 16.6 Å². The van der Waals surface area contributed by atoms with E-state index in [0.29, 0.717) is 0 Å². The number of aromatic nitrogens is 1. The molecule has 90 valence electrons. The minimum absolute atomic E-state index is 0.269. The number of rotatable bonds is 1. The summed E-state index contributed by atoms with van der Waals surface area (Å²) in [7, 11) is 1.92. The minimum Gasteiger partial charge on any atom is -0.344 e. The molecule has 2 aromatic rings. The number of aryl methyl sites for hydroxylation is 1. The summed E-state index contributed by atoms with van der Waals surface area (Å²) in [5.74, 6) is -0.398. The van der Waals surface area contributed by atoms with Gasteiger partial charge < -0.3 is 9.88 Å². The van der Waals surface area contributed by atoms with Crippen molar-refractivity contribution in [2.24, 2.45) is 7.05 Å². The zero-order valence-corrected chi connectivity index (χ0v) is 9.73. The van der Waals surface area contributed by atoms with Crippen LogP contribution in [0.1, 0.15) is 5.69 Å². The lowest BCUT2D eigenvalue weighted by Gasteiger charge is -2.00. The summed E-state index contributed by atoms with van der Waals surface area (Å²) in [6.45, 7) is 0. The molecule has 3 rings (SSSR count). The predicted octanol–water partition coefficient (Wildman–Crippen LogP) is 1.36. The van der Waals surface area contributed by atoms with Crippen molar-refractivity contribution in [1.29, 1.82) is 0 Å². The molecule has 3 amide bonds. The molecule has 1 aromatic carbocycles. The van der Waals surface area contributed by atoms with E-state index in [1.165, 1.54) is 0 Å². The van der Waals surface area contributed by atoms with Gasteiger partial charge >= 0.3 is 6.03 Å². The molecule has 1 aliphatic rings. The van der Waals surface area contributed by atoms with E-state index in [2.05, 4.69) is 10.6 Å². The van der Waals surface area contributed by atoms with Gasteiger partial charge in [0.05, 0.1) is 0 Å². The van der Waals surface area contributed by atoms with E-state index in [9.17, 15) is 9.59 Å². The van der Waals surface area contributed by atoms with Gasteiger partial charge in [-0.2, -0.15) is 0 Å². The second-order valence-corrected chi connectivity index (χ2v) is 4.15. The van der Waals surface area contributed by atoms with Crippen LogP contribution < -0.4 is 10.6 Å². The predicted molar refractivity (Wildman–Crippen MR) is 67.6 cm³/mol. The summed E-state index contributed by atoms with van der Waals surface area (Å²) in [5, 5.41) is 5.74. The van der Waals surface area contributed by atoms with E-state index in [4.69, 9.17) is 0 Å². The molecule has 0 aliphatic carbocycles. The first kappa shape index (κ1) is 10.6. The van der Waals surface area contributed by atoms with Gasteiger partial charge in [0.2, 0.25) is 0 Å². The number of amides is 3. The van der Waals surface area contributed by atoms with E-state index in [1.807, 2.05) is 41.9 Å². The van der Waals surface area contributed by atoms with Crippen molar-refractivity contribution in [3.63, 3.8) is 0 Å². The Morgan fingerprint density at radius 3 is 2.61 bits per heavy atom. The molecule has 2 N–H and O–H groups in total. The van der Waals surface area contributed by atoms with Crippen molar-refractivity contribution in [3.05, 3.63) is 41.7 Å². The SMILES string of the molecule is Cn1c(/C=C2\NC(=O)NC2=O)cc2ccccc21. The number of benzene rings is 1. The number of hydrogen-bond donors (Lipinski definition) is 2. The van der Waals surface area contributed by atoms with Crippen LogP contribution in [0.15, 0.2) is 36.0 Å². The van der Waals surface area contributed by atoms with Gasteiger partial charge in [0.15, 0.2) is 0 Å². The molecular formula is C13H11N3O2. The standard InChI is InChI=1S/C13H11N3O2/c1-16-9(6-8-4-2-3-5-11(8)16)7-10-12(17)15-13(18)14-10/h2-7H,1H3,(H2,14,15,17,18)/b10-7-. The van der Waals surface area contributed by atoms with Crippen molar-refractivity contribution in [3.8, 4) is 0 Å². The summed E-state index contributed by atoms with van der Waals surface area (Å²) in [6, 6.07) is 9.42. The van der Waals surface area contributed by atoms with Crippen molar-refractivity contribution < 1.29 is 9.59 Å². The fraction of sp³-hybridized carbons (Fsp3) is 0.0769. The first-order chi connectivity index (χ1) is 8.65. The number of urea groups is 1. The third-order valence-electron chi connectivity index (χ3n) is 3.00. The Hall–Kier alpha value is -2.56. The Morgan fingerprint density at radius 1 is 1.17 bits per heavy atom. The highest BCUT2D eigenvalue weighted by Crippen LogP contribution is 2.20. The quantitative estimate of drug-likeness (QED) is 0.585. The second-order valence-electron chi connectivity index (χ2n) is 4.15. The molecular weight excluding hydrogens is 230 g/mol. The molecule has 0 saturated carbocycles. The number of hydrogen-bond acceptors (Lipinski definition) is 2. The fourth-order valence-electron chi connectivity index (χ4n) is 2.08. The largest absolute Gasteiger partial charge is 0.344 e. The minimum atomic E-state index is -0.481. The Kier molecular flexibility index (Phi) is 2.19. The molecule has 0 radical (unpaired) electrons. The van der Waals surface area contributed by atoms with Crippen molar-refractivity contribution in [2.75, 3.05) is 0 Å². The van der Waals surface area contributed by atoms with Gasteiger partial charge in [-0.3, -0.25) is 10.1 Å². The van der Waals surface area contributed by atoms with Crippen LogP contribution in [-0.2, 0) is 11.8 Å². The van der Waals surface area contributed by atoms with Gasteiger partial charge in [-0.05, 0) is 18.2 Å². The maximum atomic E-state index is 11.4.